The molecule has 3 aliphatic heterocycles. The van der Waals surface area contributed by atoms with Crippen LogP contribution in [0.3, 0.4) is 0 Å². The highest BCUT2D eigenvalue weighted by Crippen LogP contribution is 2.30. The van der Waals surface area contributed by atoms with Gasteiger partial charge >= 0.3 is 5.97 Å². The summed E-state index contributed by atoms with van der Waals surface area (Å²) in [5.41, 5.74) is 0.501. The standard InChI is InChI=1S/C31H38ClN5O8S/c1-3-34(21(2)38)13-10-29(40)45-20-33-16-27-30(41)37(19-36(27)18-33)25-8-11-35(12-9-25)31(42)28(39)17-46(43,44)26-7-5-22-14-24(32)6-4-23(22)15-26/h4-7,14-16,25,28,39H,3,8-13,17-20H2,1-2H3/t28-/m1/s1. The number of amides is 3. The summed E-state index contributed by atoms with van der Waals surface area (Å²) < 4.78 is 31.4. The summed E-state index contributed by atoms with van der Waals surface area (Å²) in [4.78, 5) is 58.3. The van der Waals surface area contributed by atoms with Crippen molar-refractivity contribution in [3.63, 3.8) is 0 Å². The summed E-state index contributed by atoms with van der Waals surface area (Å²) in [6, 6.07) is 9.56. The number of piperidine rings is 1. The predicted octanol–water partition coefficient (Wildman–Crippen LogP) is 1.59. The van der Waals surface area contributed by atoms with Crippen LogP contribution in [0.5, 0.6) is 0 Å². The molecule has 2 aromatic rings. The zero-order valence-corrected chi connectivity index (χ0v) is 27.4. The van der Waals surface area contributed by atoms with Gasteiger partial charge in [0.05, 0.1) is 30.4 Å². The molecule has 5 rings (SSSR count). The van der Waals surface area contributed by atoms with Crippen LogP contribution in [0.25, 0.3) is 10.8 Å². The van der Waals surface area contributed by atoms with Crippen LogP contribution >= 0.6 is 11.6 Å². The van der Waals surface area contributed by atoms with Gasteiger partial charge in [-0.25, -0.2) is 8.42 Å². The number of nitrogens with zero attached hydrogens (tertiary/aromatic N) is 5. The van der Waals surface area contributed by atoms with Crippen LogP contribution in [0.2, 0.25) is 5.02 Å². The second kappa shape index (κ2) is 13.9. The van der Waals surface area contributed by atoms with Crippen LogP contribution < -0.4 is 0 Å². The fraction of sp³-hybridized carbons (Fsp3) is 0.484. The van der Waals surface area contributed by atoms with Crippen LogP contribution in [0.1, 0.15) is 33.1 Å². The Kier molecular flexibility index (Phi) is 10.1. The lowest BCUT2D eigenvalue weighted by Gasteiger charge is -2.37. The maximum atomic E-state index is 13.2. The molecule has 13 nitrogen and oxygen atoms in total. The molecule has 3 heterocycles. The lowest BCUT2D eigenvalue weighted by Crippen LogP contribution is -2.51. The zero-order valence-electron chi connectivity index (χ0n) is 25.8. The fourth-order valence-corrected chi connectivity index (χ4v) is 7.53. The third-order valence-corrected chi connectivity index (χ3v) is 10.6. The van der Waals surface area contributed by atoms with Gasteiger partial charge in [0.15, 0.2) is 16.6 Å². The molecule has 1 atom stereocenters. The fourth-order valence-electron chi connectivity index (χ4n) is 6.02. The molecule has 0 saturated carbocycles. The Balaban J connectivity index is 1.08. The molecule has 2 aromatic carbocycles. The molecule has 0 aliphatic carbocycles. The first kappa shape index (κ1) is 33.5. The number of rotatable bonds is 11. The van der Waals surface area contributed by atoms with Crippen LogP contribution in [0.15, 0.2) is 53.2 Å². The van der Waals surface area contributed by atoms with Gasteiger partial charge in [0, 0.05) is 50.4 Å². The smallest absolute Gasteiger partial charge is 0.309 e. The summed E-state index contributed by atoms with van der Waals surface area (Å²) in [5.74, 6) is -2.07. The molecule has 248 valence electrons. The maximum absolute atomic E-state index is 13.2. The number of ether oxygens (including phenoxy) is 1. The van der Waals surface area contributed by atoms with E-state index < -0.39 is 33.6 Å². The summed E-state index contributed by atoms with van der Waals surface area (Å²) >= 11 is 6.01. The third-order valence-electron chi connectivity index (χ3n) is 8.62. The molecule has 3 amide bonds. The number of aliphatic hydroxyl groups excluding tert-OH is 1. The van der Waals surface area contributed by atoms with E-state index in [1.165, 1.54) is 24.0 Å². The molecule has 2 fully saturated rings. The average Bonchev–Trinajstić information content (AvgIpc) is 3.57. The number of aliphatic hydroxyl groups is 1. The first-order valence-electron chi connectivity index (χ1n) is 15.2. The predicted molar refractivity (Wildman–Crippen MR) is 168 cm³/mol. The molecule has 0 bridgehead atoms. The number of sulfone groups is 1. The van der Waals surface area contributed by atoms with E-state index in [-0.39, 0.29) is 55.5 Å². The van der Waals surface area contributed by atoms with Crippen molar-refractivity contribution in [2.24, 2.45) is 0 Å². The van der Waals surface area contributed by atoms with Gasteiger partial charge in [-0.15, -0.1) is 0 Å². The molecule has 0 unspecified atom stereocenters. The Morgan fingerprint density at radius 3 is 2.46 bits per heavy atom. The third kappa shape index (κ3) is 7.39. The summed E-state index contributed by atoms with van der Waals surface area (Å²) in [6.07, 6.45) is 1.02. The number of fused-ring (bicyclic) bond motifs is 2. The van der Waals surface area contributed by atoms with Crippen molar-refractivity contribution in [1.82, 2.24) is 24.5 Å². The Morgan fingerprint density at radius 2 is 1.78 bits per heavy atom. The van der Waals surface area contributed by atoms with Gasteiger partial charge in [-0.3, -0.25) is 19.2 Å². The lowest BCUT2D eigenvalue weighted by molar-refractivity contribution is -0.148. The molecule has 46 heavy (non-hydrogen) atoms. The minimum atomic E-state index is -3.95. The van der Waals surface area contributed by atoms with Crippen molar-refractivity contribution in [2.45, 2.75) is 50.2 Å². The van der Waals surface area contributed by atoms with E-state index in [0.29, 0.717) is 48.8 Å². The molecule has 0 aromatic heterocycles. The summed E-state index contributed by atoms with van der Waals surface area (Å²) in [5, 5.41) is 12.6. The molecule has 15 heteroatoms. The van der Waals surface area contributed by atoms with Crippen LogP contribution in [0.4, 0.5) is 0 Å². The van der Waals surface area contributed by atoms with Gasteiger partial charge in [-0.2, -0.15) is 0 Å². The van der Waals surface area contributed by atoms with Crippen LogP contribution in [-0.4, -0.2) is 126 Å². The summed E-state index contributed by atoms with van der Waals surface area (Å²) in [7, 11) is -3.95. The second-order valence-corrected chi connectivity index (χ2v) is 14.2. The van der Waals surface area contributed by atoms with Gasteiger partial charge in [0.25, 0.3) is 11.8 Å². The monoisotopic (exact) mass is 675 g/mol. The minimum absolute atomic E-state index is 0.00735. The highest BCUT2D eigenvalue weighted by Gasteiger charge is 2.42. The quantitative estimate of drug-likeness (QED) is 0.348. The van der Waals surface area contributed by atoms with Crippen molar-refractivity contribution >= 4 is 55.9 Å². The van der Waals surface area contributed by atoms with Gasteiger partial charge in [0.2, 0.25) is 5.91 Å². The molecule has 2 saturated heterocycles. The van der Waals surface area contributed by atoms with Gasteiger partial charge in [-0.1, -0.05) is 23.7 Å². The van der Waals surface area contributed by atoms with Crippen molar-refractivity contribution < 1.29 is 37.4 Å². The Hall–Kier alpha value is -3.88. The molecular formula is C31H38ClN5O8S. The molecular weight excluding hydrogens is 638 g/mol. The second-order valence-electron chi connectivity index (χ2n) is 11.7. The first-order chi connectivity index (χ1) is 21.9. The highest BCUT2D eigenvalue weighted by molar-refractivity contribution is 7.91. The molecule has 1 N–H and O–H groups in total. The summed E-state index contributed by atoms with van der Waals surface area (Å²) in [6.45, 7) is 5.38. The molecule has 3 aliphatic rings. The Morgan fingerprint density at radius 1 is 1.09 bits per heavy atom. The zero-order chi connectivity index (χ0) is 33.2. The van der Waals surface area contributed by atoms with Crippen LogP contribution in [-0.2, 0) is 33.8 Å². The Labute approximate surface area is 272 Å². The number of carbonyl (C=O) groups excluding carboxylic acids is 4. The van der Waals surface area contributed by atoms with Crippen molar-refractivity contribution in [2.75, 3.05) is 52.0 Å². The lowest BCUT2D eigenvalue weighted by atomic mass is 10.0. The van der Waals surface area contributed by atoms with E-state index >= 15 is 0 Å². The van der Waals surface area contributed by atoms with E-state index in [2.05, 4.69) is 0 Å². The average molecular weight is 676 g/mol. The number of benzene rings is 2. The highest BCUT2D eigenvalue weighted by atomic mass is 35.5. The largest absolute Gasteiger partial charge is 0.444 e. The van der Waals surface area contributed by atoms with E-state index in [1.807, 2.05) is 11.8 Å². The number of halogens is 1. The van der Waals surface area contributed by atoms with E-state index in [9.17, 15) is 32.7 Å². The van der Waals surface area contributed by atoms with Gasteiger partial charge in [-0.05, 0) is 54.8 Å². The van der Waals surface area contributed by atoms with E-state index in [4.69, 9.17) is 16.3 Å². The van der Waals surface area contributed by atoms with E-state index in [0.717, 1.165) is 5.39 Å². The number of likely N-dealkylation sites (tertiary alicyclic amines) is 1. The number of carbonyl (C=O) groups is 4. The number of esters is 1. The topological polar surface area (TPSA) is 148 Å². The van der Waals surface area contributed by atoms with Crippen molar-refractivity contribution in [3.8, 4) is 0 Å². The normalized spacial score (nSPS) is 17.7. The maximum Gasteiger partial charge on any atom is 0.309 e. The number of hydrogen-bond acceptors (Lipinski definition) is 10. The van der Waals surface area contributed by atoms with Crippen LogP contribution in [0, 0.1) is 0 Å². The molecule has 0 spiro atoms. The van der Waals surface area contributed by atoms with Crippen molar-refractivity contribution in [3.05, 3.63) is 53.3 Å². The van der Waals surface area contributed by atoms with Gasteiger partial charge in [0.1, 0.15) is 11.8 Å². The van der Waals surface area contributed by atoms with Crippen molar-refractivity contribution in [1.29, 1.82) is 0 Å². The van der Waals surface area contributed by atoms with Gasteiger partial charge < -0.3 is 34.3 Å². The first-order valence-corrected chi connectivity index (χ1v) is 17.2. The SMILES string of the molecule is CCN(CCC(=O)OCN1C=C2C(=O)N(C3CCN(C(=O)[C@H](O)CS(=O)(=O)c4ccc5cc(Cl)ccc5c4)CC3)CN2C1)C(C)=O. The molecule has 0 radical (unpaired) electrons. The minimum Gasteiger partial charge on any atom is -0.444 e. The van der Waals surface area contributed by atoms with E-state index in [1.54, 1.807) is 45.2 Å². The number of hydrogen-bond donors (Lipinski definition) is 1. The Bertz CT molecular complexity index is 1660.